The van der Waals surface area contributed by atoms with E-state index in [0.717, 1.165) is 12.1 Å². The number of hydrogen-bond acceptors (Lipinski definition) is 3. The van der Waals surface area contributed by atoms with E-state index in [1.54, 1.807) is 20.8 Å². The van der Waals surface area contributed by atoms with E-state index in [0.29, 0.717) is 19.0 Å². The minimum atomic E-state index is -3.12. The van der Waals surface area contributed by atoms with Gasteiger partial charge >= 0.3 is 0 Å². The van der Waals surface area contributed by atoms with Crippen LogP contribution in [0.25, 0.3) is 0 Å². The number of guanidine groups is 1. The Labute approximate surface area is 133 Å². The molecule has 0 saturated carbocycles. The van der Waals surface area contributed by atoms with E-state index in [-0.39, 0.29) is 5.75 Å². The van der Waals surface area contributed by atoms with Gasteiger partial charge < -0.3 is 15.2 Å². The van der Waals surface area contributed by atoms with Crippen LogP contribution >= 0.6 is 0 Å². The molecule has 0 unspecified atom stereocenters. The van der Waals surface area contributed by atoms with Crippen molar-refractivity contribution in [1.29, 1.82) is 0 Å². The molecular formula is C15H28N4O2S. The zero-order valence-corrected chi connectivity index (χ0v) is 15.0. The van der Waals surface area contributed by atoms with Crippen LogP contribution in [-0.2, 0) is 23.4 Å². The van der Waals surface area contributed by atoms with Crippen LogP contribution in [0.1, 0.15) is 33.3 Å². The van der Waals surface area contributed by atoms with E-state index >= 15 is 0 Å². The molecule has 1 aromatic heterocycles. The van der Waals surface area contributed by atoms with E-state index in [1.165, 1.54) is 0 Å². The number of aliphatic imine (C=N–C) groups is 1. The zero-order valence-electron chi connectivity index (χ0n) is 14.2. The Hall–Kier alpha value is -1.50. The second kappa shape index (κ2) is 7.67. The molecule has 0 spiro atoms. The standard InChI is InChI=1S/C15H28N4O2S/c1-6-16-14(18-11-13-7-9-19(5)12-13)17-8-10-22(20,21)15(2,3)4/h7,9,12H,6,8,10-11H2,1-5H3,(H2,16,17,18). The molecule has 0 atom stereocenters. The van der Waals surface area contributed by atoms with Gasteiger partial charge in [-0.15, -0.1) is 0 Å². The fraction of sp³-hybridized carbons (Fsp3) is 0.667. The van der Waals surface area contributed by atoms with E-state index in [4.69, 9.17) is 0 Å². The maximum Gasteiger partial charge on any atom is 0.191 e. The average molecular weight is 328 g/mol. The molecule has 1 heterocycles. The summed E-state index contributed by atoms with van der Waals surface area (Å²) in [6.45, 7) is 8.77. The molecule has 1 rings (SSSR count). The number of aryl methyl sites for hydroxylation is 1. The summed E-state index contributed by atoms with van der Waals surface area (Å²) in [5.41, 5.74) is 1.11. The summed E-state index contributed by atoms with van der Waals surface area (Å²) in [6.07, 6.45) is 3.98. The van der Waals surface area contributed by atoms with Gasteiger partial charge in [0.2, 0.25) is 0 Å². The quantitative estimate of drug-likeness (QED) is 0.609. The lowest BCUT2D eigenvalue weighted by atomic mass is 10.3. The van der Waals surface area contributed by atoms with Crippen molar-refractivity contribution in [2.75, 3.05) is 18.8 Å². The molecule has 0 aliphatic rings. The first-order valence-electron chi connectivity index (χ1n) is 7.51. The fourth-order valence-corrected chi connectivity index (χ4v) is 2.76. The largest absolute Gasteiger partial charge is 0.357 e. The molecule has 2 N–H and O–H groups in total. The third kappa shape index (κ3) is 5.71. The van der Waals surface area contributed by atoms with Gasteiger partial charge in [-0.1, -0.05) is 0 Å². The predicted octanol–water partition coefficient (Wildman–Crippen LogP) is 1.29. The molecular weight excluding hydrogens is 300 g/mol. The van der Waals surface area contributed by atoms with Crippen LogP contribution in [0.5, 0.6) is 0 Å². The highest BCUT2D eigenvalue weighted by molar-refractivity contribution is 7.92. The highest BCUT2D eigenvalue weighted by atomic mass is 32.2. The van der Waals surface area contributed by atoms with Crippen molar-refractivity contribution >= 4 is 15.8 Å². The lowest BCUT2D eigenvalue weighted by Gasteiger charge is -2.19. The van der Waals surface area contributed by atoms with E-state index < -0.39 is 14.6 Å². The summed E-state index contributed by atoms with van der Waals surface area (Å²) in [4.78, 5) is 4.47. The lowest BCUT2D eigenvalue weighted by molar-refractivity contribution is 0.559. The van der Waals surface area contributed by atoms with Gasteiger partial charge in [-0.25, -0.2) is 13.4 Å². The Morgan fingerprint density at radius 2 is 2.00 bits per heavy atom. The molecule has 0 radical (unpaired) electrons. The maximum absolute atomic E-state index is 12.1. The number of hydrogen-bond donors (Lipinski definition) is 2. The second-order valence-corrected chi connectivity index (χ2v) is 9.10. The van der Waals surface area contributed by atoms with Gasteiger partial charge in [-0.3, -0.25) is 0 Å². The third-order valence-electron chi connectivity index (χ3n) is 3.25. The van der Waals surface area contributed by atoms with Crippen molar-refractivity contribution in [3.8, 4) is 0 Å². The number of nitrogens with one attached hydrogen (secondary N) is 2. The molecule has 7 heteroatoms. The van der Waals surface area contributed by atoms with Crippen LogP contribution < -0.4 is 10.6 Å². The second-order valence-electron chi connectivity index (χ2n) is 6.24. The maximum atomic E-state index is 12.1. The summed E-state index contributed by atoms with van der Waals surface area (Å²) in [7, 11) is -1.15. The van der Waals surface area contributed by atoms with Crippen LogP contribution in [0.4, 0.5) is 0 Å². The van der Waals surface area contributed by atoms with Gasteiger partial charge in [-0.05, 0) is 39.3 Å². The molecule has 0 bridgehead atoms. The Morgan fingerprint density at radius 1 is 1.32 bits per heavy atom. The molecule has 1 aromatic rings. The third-order valence-corrected chi connectivity index (χ3v) is 5.86. The topological polar surface area (TPSA) is 75.5 Å². The number of aromatic nitrogens is 1. The smallest absolute Gasteiger partial charge is 0.191 e. The van der Waals surface area contributed by atoms with Crippen molar-refractivity contribution in [2.45, 2.75) is 39.0 Å². The highest BCUT2D eigenvalue weighted by Gasteiger charge is 2.28. The summed E-state index contributed by atoms with van der Waals surface area (Å²) in [6, 6.07) is 2.01. The summed E-state index contributed by atoms with van der Waals surface area (Å²) in [5, 5.41) is 6.20. The van der Waals surface area contributed by atoms with E-state index in [9.17, 15) is 8.42 Å². The van der Waals surface area contributed by atoms with Crippen LogP contribution in [0.3, 0.4) is 0 Å². The summed E-state index contributed by atoms with van der Waals surface area (Å²) < 4.78 is 25.4. The summed E-state index contributed by atoms with van der Waals surface area (Å²) >= 11 is 0. The van der Waals surface area contributed by atoms with Crippen LogP contribution in [0.2, 0.25) is 0 Å². The minimum absolute atomic E-state index is 0.0895. The summed E-state index contributed by atoms with van der Waals surface area (Å²) in [5.74, 6) is 0.724. The van der Waals surface area contributed by atoms with E-state index in [2.05, 4.69) is 15.6 Å². The van der Waals surface area contributed by atoms with Crippen LogP contribution in [0.15, 0.2) is 23.5 Å². The fourth-order valence-electron chi connectivity index (χ4n) is 1.78. The van der Waals surface area contributed by atoms with Crippen molar-refractivity contribution in [1.82, 2.24) is 15.2 Å². The molecule has 126 valence electrons. The Morgan fingerprint density at radius 3 is 2.50 bits per heavy atom. The van der Waals surface area contributed by atoms with E-state index in [1.807, 2.05) is 37.0 Å². The monoisotopic (exact) mass is 328 g/mol. The Kier molecular flexibility index (Phi) is 6.47. The molecule has 0 aromatic carbocycles. The normalized spacial score (nSPS) is 13.2. The van der Waals surface area contributed by atoms with Crippen molar-refractivity contribution < 1.29 is 8.42 Å². The Bertz CT molecular complexity index is 597. The molecule has 0 fully saturated rings. The van der Waals surface area contributed by atoms with Crippen molar-refractivity contribution in [3.05, 3.63) is 24.0 Å². The van der Waals surface area contributed by atoms with Crippen LogP contribution in [0, 0.1) is 0 Å². The first kappa shape index (κ1) is 18.5. The molecule has 22 heavy (non-hydrogen) atoms. The first-order valence-corrected chi connectivity index (χ1v) is 9.16. The lowest BCUT2D eigenvalue weighted by Crippen LogP contribution is -2.41. The highest BCUT2D eigenvalue weighted by Crippen LogP contribution is 2.15. The van der Waals surface area contributed by atoms with Gasteiger partial charge in [0.25, 0.3) is 0 Å². The van der Waals surface area contributed by atoms with Gasteiger partial charge in [0, 0.05) is 32.5 Å². The Balaban J connectivity index is 2.58. The zero-order chi connectivity index (χ0) is 16.8. The molecule has 0 aliphatic heterocycles. The van der Waals surface area contributed by atoms with Gasteiger partial charge in [0.05, 0.1) is 17.0 Å². The first-order chi connectivity index (χ1) is 10.2. The number of sulfone groups is 1. The molecule has 6 nitrogen and oxygen atoms in total. The van der Waals surface area contributed by atoms with Gasteiger partial charge in [-0.2, -0.15) is 0 Å². The van der Waals surface area contributed by atoms with Crippen LogP contribution in [-0.4, -0.2) is 42.5 Å². The van der Waals surface area contributed by atoms with Gasteiger partial charge in [0.1, 0.15) is 0 Å². The number of rotatable bonds is 6. The SMILES string of the molecule is CCNC(=NCc1ccn(C)c1)NCCS(=O)(=O)C(C)(C)C. The molecule has 0 amide bonds. The van der Waals surface area contributed by atoms with Crippen molar-refractivity contribution in [2.24, 2.45) is 12.0 Å². The molecule has 0 aliphatic carbocycles. The predicted molar refractivity (Wildman–Crippen MR) is 91.8 cm³/mol. The molecule has 0 saturated heterocycles. The average Bonchev–Trinajstić information content (AvgIpc) is 2.80. The van der Waals surface area contributed by atoms with Crippen molar-refractivity contribution in [3.63, 3.8) is 0 Å². The number of nitrogens with zero attached hydrogens (tertiary/aromatic N) is 2. The minimum Gasteiger partial charge on any atom is -0.357 e. The van der Waals surface area contributed by atoms with Gasteiger partial charge in [0.15, 0.2) is 15.8 Å².